The molecule has 4 rings (SSSR count). The monoisotopic (exact) mass is 445 g/mol. The topological polar surface area (TPSA) is 134 Å². The van der Waals surface area contributed by atoms with Gasteiger partial charge in [0.1, 0.15) is 0 Å². The van der Waals surface area contributed by atoms with Gasteiger partial charge in [0.15, 0.2) is 5.96 Å². The van der Waals surface area contributed by atoms with Crippen molar-refractivity contribution in [3.05, 3.63) is 42.0 Å². The number of guanidine groups is 1. The van der Waals surface area contributed by atoms with Gasteiger partial charge in [-0.2, -0.15) is 0 Å². The first kappa shape index (κ1) is 21.5. The van der Waals surface area contributed by atoms with E-state index in [0.29, 0.717) is 24.6 Å². The summed E-state index contributed by atoms with van der Waals surface area (Å²) in [5.41, 5.74) is 0.699. The van der Waals surface area contributed by atoms with Gasteiger partial charge in [0, 0.05) is 19.6 Å². The van der Waals surface area contributed by atoms with Gasteiger partial charge in [-0.1, -0.05) is 24.3 Å². The summed E-state index contributed by atoms with van der Waals surface area (Å²) in [5, 5.41) is 11.4. The number of nitrogens with zero attached hydrogens (tertiary/aromatic N) is 2. The van der Waals surface area contributed by atoms with Crippen molar-refractivity contribution in [1.82, 2.24) is 15.5 Å². The second-order valence-corrected chi connectivity index (χ2v) is 9.70. The molecule has 4 unspecified atom stereocenters. The number of hydrogen-bond acceptors (Lipinski definition) is 5. The number of sulfonamides is 1. The van der Waals surface area contributed by atoms with E-state index in [4.69, 9.17) is 5.14 Å². The number of fused-ring (bicyclic) bond motifs is 5. The van der Waals surface area contributed by atoms with Crippen LogP contribution in [0.1, 0.15) is 18.9 Å². The number of hydrogen-bond donors (Lipinski definition) is 3. The third-order valence-corrected chi connectivity index (χ3v) is 7.09. The zero-order chi connectivity index (χ0) is 22.2. The Morgan fingerprint density at radius 3 is 2.45 bits per heavy atom. The highest BCUT2D eigenvalue weighted by molar-refractivity contribution is 7.89. The fourth-order valence-electron chi connectivity index (χ4n) is 4.80. The first-order chi connectivity index (χ1) is 14.8. The highest BCUT2D eigenvalue weighted by Crippen LogP contribution is 2.52. The zero-order valence-electron chi connectivity index (χ0n) is 17.3. The van der Waals surface area contributed by atoms with Gasteiger partial charge in [0.05, 0.1) is 23.3 Å². The number of carbonyl (C=O) groups excluding carboxylic acids is 2. The van der Waals surface area contributed by atoms with Crippen molar-refractivity contribution in [3.8, 4) is 0 Å². The van der Waals surface area contributed by atoms with Gasteiger partial charge in [0.25, 0.3) is 0 Å². The van der Waals surface area contributed by atoms with Gasteiger partial charge < -0.3 is 10.6 Å². The van der Waals surface area contributed by atoms with Crippen molar-refractivity contribution in [1.29, 1.82) is 0 Å². The van der Waals surface area contributed by atoms with Crippen molar-refractivity contribution < 1.29 is 18.0 Å². The number of nitrogens with one attached hydrogen (secondary N) is 2. The van der Waals surface area contributed by atoms with E-state index >= 15 is 0 Å². The van der Waals surface area contributed by atoms with Crippen LogP contribution in [0.15, 0.2) is 46.3 Å². The molecule has 1 aromatic rings. The molecule has 3 aliphatic rings. The fourth-order valence-corrected chi connectivity index (χ4v) is 5.39. The van der Waals surface area contributed by atoms with E-state index in [1.54, 1.807) is 12.1 Å². The number of allylic oxidation sites excluding steroid dienone is 2. The Balaban J connectivity index is 1.35. The summed E-state index contributed by atoms with van der Waals surface area (Å²) in [7, 11) is -3.77. The maximum Gasteiger partial charge on any atom is 0.238 e. The van der Waals surface area contributed by atoms with E-state index in [1.165, 1.54) is 17.0 Å². The summed E-state index contributed by atoms with van der Waals surface area (Å²) in [6, 6.07) is 6.32. The van der Waals surface area contributed by atoms with Gasteiger partial charge >= 0.3 is 0 Å². The van der Waals surface area contributed by atoms with Gasteiger partial charge in [-0.3, -0.25) is 14.5 Å². The first-order valence-corrected chi connectivity index (χ1v) is 12.0. The number of likely N-dealkylation sites (tertiary alicyclic amines) is 1. The Morgan fingerprint density at radius 1 is 1.16 bits per heavy atom. The normalized spacial score (nSPS) is 27.2. The zero-order valence-corrected chi connectivity index (χ0v) is 18.1. The molecular formula is C21H27N5O4S. The molecule has 1 aromatic carbocycles. The molecule has 4 N–H and O–H groups in total. The Hall–Kier alpha value is -2.72. The average Bonchev–Trinajstić information content (AvgIpc) is 3.41. The van der Waals surface area contributed by atoms with E-state index in [-0.39, 0.29) is 53.5 Å². The van der Waals surface area contributed by atoms with E-state index in [9.17, 15) is 18.0 Å². The molecule has 2 bridgehead atoms. The van der Waals surface area contributed by atoms with E-state index < -0.39 is 10.0 Å². The molecule has 2 aliphatic carbocycles. The minimum absolute atomic E-state index is 0.0400. The van der Waals surface area contributed by atoms with Crippen LogP contribution in [-0.2, 0) is 26.2 Å². The molecule has 0 aromatic heterocycles. The van der Waals surface area contributed by atoms with Crippen LogP contribution in [0.25, 0.3) is 0 Å². The maximum atomic E-state index is 12.8. The summed E-state index contributed by atoms with van der Waals surface area (Å²) in [5.74, 6) is 0.439. The Labute approximate surface area is 181 Å². The quantitative estimate of drug-likeness (QED) is 0.238. The molecule has 1 heterocycles. The van der Waals surface area contributed by atoms with Crippen LogP contribution < -0.4 is 15.8 Å². The van der Waals surface area contributed by atoms with Crippen LogP contribution >= 0.6 is 0 Å². The molecule has 31 heavy (non-hydrogen) atoms. The number of carbonyl (C=O) groups is 2. The fraction of sp³-hybridized carbons (Fsp3) is 0.476. The molecule has 1 aliphatic heterocycles. The summed E-state index contributed by atoms with van der Waals surface area (Å²) >= 11 is 0. The first-order valence-electron chi connectivity index (χ1n) is 10.5. The molecule has 1 saturated heterocycles. The summed E-state index contributed by atoms with van der Waals surface area (Å²) < 4.78 is 23.0. The van der Waals surface area contributed by atoms with Crippen LogP contribution in [0.5, 0.6) is 0 Å². The third kappa shape index (κ3) is 4.22. The van der Waals surface area contributed by atoms with Gasteiger partial charge in [-0.05, 0) is 42.9 Å². The van der Waals surface area contributed by atoms with Gasteiger partial charge in [-0.15, -0.1) is 0 Å². The van der Waals surface area contributed by atoms with Crippen LogP contribution in [0.4, 0.5) is 0 Å². The number of rotatable bonds is 7. The summed E-state index contributed by atoms with van der Waals surface area (Å²) in [4.78, 5) is 31.4. The van der Waals surface area contributed by atoms with Crippen LogP contribution in [0.2, 0.25) is 0 Å². The van der Waals surface area contributed by atoms with Crippen LogP contribution in [0.3, 0.4) is 0 Å². The SMILES string of the molecule is CCNC(=NCc1cccc(S(N)(=O)=O)c1)NCCN1C(=O)C2C3C=CC(C3)C2C1=O. The number of primary sulfonamides is 1. The highest BCUT2D eigenvalue weighted by atomic mass is 32.2. The summed E-state index contributed by atoms with van der Waals surface area (Å²) in [6.45, 7) is 3.47. The number of benzene rings is 1. The van der Waals surface area contributed by atoms with Crippen LogP contribution in [0, 0.1) is 23.7 Å². The standard InChI is InChI=1S/C21H27N5O4S/c1-2-23-21(25-12-13-4-3-5-16(10-13)31(22,29)30)24-8-9-26-19(27)17-14-6-7-15(11-14)18(17)20(26)28/h3-7,10,14-15,17-18H,2,8-9,11-12H2,1H3,(H2,22,29,30)(H2,23,24,25). The Kier molecular flexibility index (Phi) is 5.85. The number of imide groups is 1. The predicted molar refractivity (Wildman–Crippen MR) is 115 cm³/mol. The predicted octanol–water partition coefficient (Wildman–Crippen LogP) is 0.196. The molecular weight excluding hydrogens is 418 g/mol. The van der Waals surface area contributed by atoms with Crippen molar-refractivity contribution in [2.24, 2.45) is 33.8 Å². The van der Waals surface area contributed by atoms with E-state index in [1.807, 2.05) is 6.92 Å². The molecule has 0 spiro atoms. The molecule has 166 valence electrons. The van der Waals surface area contributed by atoms with Gasteiger partial charge in [0.2, 0.25) is 21.8 Å². The molecule has 2 amide bonds. The lowest BCUT2D eigenvalue weighted by Gasteiger charge is -2.18. The van der Waals surface area contributed by atoms with E-state index in [2.05, 4.69) is 27.8 Å². The van der Waals surface area contributed by atoms with Crippen molar-refractivity contribution in [2.45, 2.75) is 24.8 Å². The van der Waals surface area contributed by atoms with Crippen molar-refractivity contribution >= 4 is 27.8 Å². The molecule has 10 heteroatoms. The van der Waals surface area contributed by atoms with Crippen molar-refractivity contribution in [2.75, 3.05) is 19.6 Å². The largest absolute Gasteiger partial charge is 0.357 e. The lowest BCUT2D eigenvalue weighted by molar-refractivity contribution is -0.140. The second-order valence-electron chi connectivity index (χ2n) is 8.14. The highest BCUT2D eigenvalue weighted by Gasteiger charge is 2.58. The number of amides is 2. The minimum Gasteiger partial charge on any atom is -0.357 e. The Bertz CT molecular complexity index is 1020. The second kappa shape index (κ2) is 8.43. The number of nitrogens with two attached hydrogens (primary N) is 1. The number of aliphatic imine (C=N–C) groups is 1. The smallest absolute Gasteiger partial charge is 0.238 e. The molecule has 0 radical (unpaired) electrons. The Morgan fingerprint density at radius 2 is 1.84 bits per heavy atom. The average molecular weight is 446 g/mol. The maximum absolute atomic E-state index is 12.8. The lowest BCUT2D eigenvalue weighted by atomic mass is 9.85. The lowest BCUT2D eigenvalue weighted by Crippen LogP contribution is -2.43. The minimum atomic E-state index is -3.77. The van der Waals surface area contributed by atoms with Crippen molar-refractivity contribution in [3.63, 3.8) is 0 Å². The van der Waals surface area contributed by atoms with Gasteiger partial charge in [-0.25, -0.2) is 18.5 Å². The molecule has 1 saturated carbocycles. The van der Waals surface area contributed by atoms with E-state index in [0.717, 1.165) is 6.42 Å². The third-order valence-electron chi connectivity index (χ3n) is 6.18. The molecule has 2 fully saturated rings. The summed E-state index contributed by atoms with van der Waals surface area (Å²) in [6.07, 6.45) is 5.09. The van der Waals surface area contributed by atoms with Crippen LogP contribution in [-0.4, -0.2) is 50.7 Å². The molecule has 4 atom stereocenters. The molecule has 9 nitrogen and oxygen atoms in total.